The first-order valence-corrected chi connectivity index (χ1v) is 6.85. The molecule has 5 nitrogen and oxygen atoms in total. The molecule has 2 aromatic carbocycles. The van der Waals surface area contributed by atoms with Gasteiger partial charge in [-0.25, -0.2) is 9.78 Å². The molecule has 0 saturated heterocycles. The minimum Gasteiger partial charge on any atom is -0.507 e. The van der Waals surface area contributed by atoms with Crippen molar-refractivity contribution in [3.8, 4) is 22.9 Å². The summed E-state index contributed by atoms with van der Waals surface area (Å²) in [7, 11) is 1.23. The Morgan fingerprint density at radius 3 is 2.57 bits per heavy atom. The van der Waals surface area contributed by atoms with Gasteiger partial charge in [0.1, 0.15) is 11.8 Å². The molecule has 5 heteroatoms. The number of methoxy groups -OCH3 is 1. The highest BCUT2D eigenvalue weighted by Gasteiger charge is 2.15. The first kappa shape index (κ1) is 14.5. The van der Waals surface area contributed by atoms with Gasteiger partial charge in [-0.1, -0.05) is 30.3 Å². The Labute approximate surface area is 132 Å². The fourth-order valence-corrected chi connectivity index (χ4v) is 2.40. The summed E-state index contributed by atoms with van der Waals surface area (Å²) in [6.45, 7) is 0. The van der Waals surface area contributed by atoms with Crippen molar-refractivity contribution < 1.29 is 14.6 Å². The Hall–Kier alpha value is -3.39. The van der Waals surface area contributed by atoms with Crippen LogP contribution in [0.4, 0.5) is 0 Å². The molecule has 0 aliphatic heterocycles. The van der Waals surface area contributed by atoms with E-state index in [1.807, 2.05) is 30.3 Å². The molecule has 0 bridgehead atoms. The zero-order valence-electron chi connectivity index (χ0n) is 12.3. The summed E-state index contributed by atoms with van der Waals surface area (Å²) in [5.74, 6) is -0.789. The molecule has 23 heavy (non-hydrogen) atoms. The zero-order valence-corrected chi connectivity index (χ0v) is 12.3. The molecule has 0 amide bonds. The molecule has 1 aromatic heterocycles. The number of nitrogens with zero attached hydrogens (tertiary/aromatic N) is 2. The van der Waals surface area contributed by atoms with E-state index in [0.29, 0.717) is 5.39 Å². The van der Waals surface area contributed by atoms with Gasteiger partial charge in [0.2, 0.25) is 0 Å². The fourth-order valence-electron chi connectivity index (χ4n) is 2.40. The van der Waals surface area contributed by atoms with Gasteiger partial charge in [-0.3, -0.25) is 0 Å². The van der Waals surface area contributed by atoms with Crippen molar-refractivity contribution in [2.45, 2.75) is 0 Å². The van der Waals surface area contributed by atoms with Crippen LogP contribution < -0.4 is 0 Å². The standard InChI is InChI=1S/C18H12N2O3/c1-23-18(22)15-9-16(21)14-8-12(11-5-3-2-4-6-11)7-13(10-19)17(14)20-15/h2-9H,1H3,(H,20,21). The van der Waals surface area contributed by atoms with E-state index in [9.17, 15) is 15.2 Å². The SMILES string of the molecule is COC(=O)c1cc(O)c2cc(-c3ccccc3)cc(C#N)c2n1. The number of hydrogen-bond donors (Lipinski definition) is 1. The average Bonchev–Trinajstić information content (AvgIpc) is 2.60. The van der Waals surface area contributed by atoms with Crippen molar-refractivity contribution in [2.75, 3.05) is 7.11 Å². The number of nitriles is 1. The predicted molar refractivity (Wildman–Crippen MR) is 84.9 cm³/mol. The molecule has 0 aliphatic rings. The van der Waals surface area contributed by atoms with Crippen molar-refractivity contribution >= 4 is 16.9 Å². The second-order valence-corrected chi connectivity index (χ2v) is 4.92. The van der Waals surface area contributed by atoms with E-state index < -0.39 is 5.97 Å². The summed E-state index contributed by atoms with van der Waals surface area (Å²) >= 11 is 0. The van der Waals surface area contributed by atoms with E-state index >= 15 is 0 Å². The van der Waals surface area contributed by atoms with Crippen LogP contribution in [0.3, 0.4) is 0 Å². The Balaban J connectivity index is 2.30. The number of carbonyl (C=O) groups excluding carboxylic acids is 1. The third kappa shape index (κ3) is 2.58. The topological polar surface area (TPSA) is 83.2 Å². The van der Waals surface area contributed by atoms with Gasteiger partial charge < -0.3 is 9.84 Å². The summed E-state index contributed by atoms with van der Waals surface area (Å²) < 4.78 is 4.61. The molecular weight excluding hydrogens is 292 g/mol. The molecule has 0 aliphatic carbocycles. The van der Waals surface area contributed by atoms with Crippen LogP contribution in [0.25, 0.3) is 22.0 Å². The van der Waals surface area contributed by atoms with E-state index in [-0.39, 0.29) is 22.5 Å². The highest BCUT2D eigenvalue weighted by molar-refractivity contribution is 5.97. The molecule has 0 fully saturated rings. The second kappa shape index (κ2) is 5.78. The van der Waals surface area contributed by atoms with E-state index in [1.54, 1.807) is 12.1 Å². The third-order valence-corrected chi connectivity index (χ3v) is 3.51. The van der Waals surface area contributed by atoms with Crippen molar-refractivity contribution in [3.05, 3.63) is 59.8 Å². The average molecular weight is 304 g/mol. The molecule has 0 unspecified atom stereocenters. The zero-order chi connectivity index (χ0) is 16.4. The Morgan fingerprint density at radius 1 is 1.17 bits per heavy atom. The third-order valence-electron chi connectivity index (χ3n) is 3.51. The van der Waals surface area contributed by atoms with Gasteiger partial charge in [0, 0.05) is 11.5 Å². The molecule has 112 valence electrons. The molecule has 0 atom stereocenters. The molecule has 3 aromatic rings. The lowest BCUT2D eigenvalue weighted by Crippen LogP contribution is -2.04. The van der Waals surface area contributed by atoms with Crippen LogP contribution in [0.1, 0.15) is 16.1 Å². The van der Waals surface area contributed by atoms with Gasteiger partial charge in [-0.15, -0.1) is 0 Å². The molecule has 0 radical (unpaired) electrons. The maximum Gasteiger partial charge on any atom is 0.356 e. The Kier molecular flexibility index (Phi) is 3.65. The van der Waals surface area contributed by atoms with Crippen molar-refractivity contribution in [1.82, 2.24) is 4.98 Å². The summed E-state index contributed by atoms with van der Waals surface area (Å²) in [5.41, 5.74) is 2.22. The number of aromatic hydroxyl groups is 1. The summed E-state index contributed by atoms with van der Waals surface area (Å²) in [6.07, 6.45) is 0. The van der Waals surface area contributed by atoms with Crippen LogP contribution in [-0.2, 0) is 4.74 Å². The van der Waals surface area contributed by atoms with Crippen molar-refractivity contribution in [1.29, 1.82) is 5.26 Å². The normalized spacial score (nSPS) is 10.3. The summed E-state index contributed by atoms with van der Waals surface area (Å²) in [6, 6.07) is 16.2. The summed E-state index contributed by atoms with van der Waals surface area (Å²) in [4.78, 5) is 15.8. The fraction of sp³-hybridized carbons (Fsp3) is 0.0556. The van der Waals surface area contributed by atoms with Gasteiger partial charge in [-0.05, 0) is 23.3 Å². The number of hydrogen-bond acceptors (Lipinski definition) is 5. The highest BCUT2D eigenvalue weighted by atomic mass is 16.5. The predicted octanol–water partition coefficient (Wildman–Crippen LogP) is 3.27. The monoisotopic (exact) mass is 304 g/mol. The molecule has 3 rings (SSSR count). The lowest BCUT2D eigenvalue weighted by atomic mass is 9.99. The smallest absolute Gasteiger partial charge is 0.356 e. The van der Waals surface area contributed by atoms with Gasteiger partial charge in [0.25, 0.3) is 0 Å². The maximum absolute atomic E-state index is 11.6. The molecule has 0 spiro atoms. The van der Waals surface area contributed by atoms with Crippen LogP contribution in [0.15, 0.2) is 48.5 Å². The number of esters is 1. The van der Waals surface area contributed by atoms with Crippen molar-refractivity contribution in [3.63, 3.8) is 0 Å². The minimum absolute atomic E-state index is 0.0403. The summed E-state index contributed by atoms with van der Waals surface area (Å²) in [5, 5.41) is 20.0. The first-order valence-electron chi connectivity index (χ1n) is 6.85. The van der Waals surface area contributed by atoms with E-state index in [4.69, 9.17) is 0 Å². The van der Waals surface area contributed by atoms with Crippen LogP contribution in [0, 0.1) is 11.3 Å². The van der Waals surface area contributed by atoms with Gasteiger partial charge >= 0.3 is 5.97 Å². The minimum atomic E-state index is -0.668. The van der Waals surface area contributed by atoms with Gasteiger partial charge in [0.05, 0.1) is 18.2 Å². The van der Waals surface area contributed by atoms with Crippen LogP contribution in [-0.4, -0.2) is 23.2 Å². The number of fused-ring (bicyclic) bond motifs is 1. The number of benzene rings is 2. The second-order valence-electron chi connectivity index (χ2n) is 4.92. The lowest BCUT2D eigenvalue weighted by molar-refractivity contribution is 0.0594. The van der Waals surface area contributed by atoms with Crippen LogP contribution in [0.5, 0.6) is 5.75 Å². The Morgan fingerprint density at radius 2 is 1.91 bits per heavy atom. The number of aromatic nitrogens is 1. The highest BCUT2D eigenvalue weighted by Crippen LogP contribution is 2.32. The van der Waals surface area contributed by atoms with Gasteiger partial charge in [0.15, 0.2) is 5.69 Å². The van der Waals surface area contributed by atoms with E-state index in [2.05, 4.69) is 15.8 Å². The van der Waals surface area contributed by atoms with Crippen LogP contribution in [0.2, 0.25) is 0 Å². The largest absolute Gasteiger partial charge is 0.507 e. The molecule has 0 saturated carbocycles. The molecule has 1 N–H and O–H groups in total. The van der Waals surface area contributed by atoms with Gasteiger partial charge in [-0.2, -0.15) is 5.26 Å². The number of pyridine rings is 1. The number of ether oxygens (including phenoxy) is 1. The lowest BCUT2D eigenvalue weighted by Gasteiger charge is -2.09. The van der Waals surface area contributed by atoms with Crippen molar-refractivity contribution in [2.24, 2.45) is 0 Å². The quantitative estimate of drug-likeness (QED) is 0.735. The Bertz CT molecular complexity index is 944. The van der Waals surface area contributed by atoms with E-state index in [0.717, 1.165) is 11.1 Å². The molecular formula is C18H12N2O3. The number of carbonyl (C=O) groups is 1. The molecule has 1 heterocycles. The first-order chi connectivity index (χ1) is 11.1. The van der Waals surface area contributed by atoms with Crippen LogP contribution >= 0.6 is 0 Å². The number of rotatable bonds is 2. The maximum atomic E-state index is 11.6. The van der Waals surface area contributed by atoms with E-state index in [1.165, 1.54) is 13.2 Å².